The van der Waals surface area contributed by atoms with Gasteiger partial charge >= 0.3 is 5.97 Å². The van der Waals surface area contributed by atoms with Gasteiger partial charge in [0.15, 0.2) is 5.69 Å². The Bertz CT molecular complexity index is 1060. The van der Waals surface area contributed by atoms with Crippen molar-refractivity contribution in [3.8, 4) is 5.69 Å². The summed E-state index contributed by atoms with van der Waals surface area (Å²) in [7, 11) is 0. The van der Waals surface area contributed by atoms with Gasteiger partial charge in [-0.25, -0.2) is 14.2 Å². The van der Waals surface area contributed by atoms with Crippen LogP contribution in [0.1, 0.15) is 26.5 Å². The van der Waals surface area contributed by atoms with Crippen molar-refractivity contribution in [2.75, 3.05) is 4.90 Å². The van der Waals surface area contributed by atoms with Gasteiger partial charge in [-0.1, -0.05) is 23.7 Å². The number of hydrogen-bond donors (Lipinski definition) is 1. The number of carbonyl (C=O) groups is 2. The first kappa shape index (κ1) is 16.3. The van der Waals surface area contributed by atoms with Crippen LogP contribution in [-0.2, 0) is 6.54 Å². The SMILES string of the molecule is O=C(O)c1ncn2c1CN(C(=O)c1ccccc1Cl)c1cc(F)ccc1-2. The second-order valence-corrected chi connectivity index (χ2v) is 6.13. The van der Waals surface area contributed by atoms with Gasteiger partial charge < -0.3 is 10.0 Å². The fourth-order valence-electron chi connectivity index (χ4n) is 3.02. The van der Waals surface area contributed by atoms with Crippen molar-refractivity contribution in [1.82, 2.24) is 9.55 Å². The number of rotatable bonds is 2. The molecule has 6 nitrogen and oxygen atoms in total. The highest BCUT2D eigenvalue weighted by Gasteiger charge is 2.32. The van der Waals surface area contributed by atoms with Crippen LogP contribution in [0.25, 0.3) is 5.69 Å². The molecule has 2 heterocycles. The molecule has 130 valence electrons. The molecule has 0 radical (unpaired) electrons. The van der Waals surface area contributed by atoms with Crippen LogP contribution in [0.3, 0.4) is 0 Å². The molecule has 0 aliphatic carbocycles. The number of carboxylic acid groups (broad SMARTS) is 1. The minimum atomic E-state index is -1.20. The molecule has 8 heteroatoms. The molecule has 0 unspecified atom stereocenters. The first-order chi connectivity index (χ1) is 12.5. The van der Waals surface area contributed by atoms with Crippen LogP contribution in [0.2, 0.25) is 5.02 Å². The molecule has 0 saturated heterocycles. The summed E-state index contributed by atoms with van der Waals surface area (Å²) in [5.74, 6) is -2.16. The van der Waals surface area contributed by atoms with E-state index in [4.69, 9.17) is 11.6 Å². The minimum Gasteiger partial charge on any atom is -0.476 e. The van der Waals surface area contributed by atoms with Crippen LogP contribution < -0.4 is 4.90 Å². The highest BCUT2D eigenvalue weighted by molar-refractivity contribution is 6.34. The molecule has 1 N–H and O–H groups in total. The van der Waals surface area contributed by atoms with Crippen molar-refractivity contribution in [3.63, 3.8) is 0 Å². The summed E-state index contributed by atoms with van der Waals surface area (Å²) in [6.07, 6.45) is 1.35. The summed E-state index contributed by atoms with van der Waals surface area (Å²) in [6, 6.07) is 10.5. The van der Waals surface area contributed by atoms with E-state index < -0.39 is 17.7 Å². The quantitative estimate of drug-likeness (QED) is 0.747. The number of fused-ring (bicyclic) bond motifs is 3. The van der Waals surface area contributed by atoms with E-state index in [0.29, 0.717) is 17.1 Å². The topological polar surface area (TPSA) is 75.4 Å². The van der Waals surface area contributed by atoms with E-state index in [-0.39, 0.29) is 22.8 Å². The number of carbonyl (C=O) groups excluding carboxylic acids is 1. The van der Waals surface area contributed by atoms with E-state index in [1.807, 2.05) is 0 Å². The number of carboxylic acids is 1. The average molecular weight is 372 g/mol. The molecule has 1 aliphatic rings. The summed E-state index contributed by atoms with van der Waals surface area (Å²) in [4.78, 5) is 29.7. The monoisotopic (exact) mass is 371 g/mol. The number of anilines is 1. The number of imidazole rings is 1. The number of halogens is 2. The van der Waals surface area contributed by atoms with Crippen molar-refractivity contribution in [2.24, 2.45) is 0 Å². The summed E-state index contributed by atoms with van der Waals surface area (Å²) < 4.78 is 15.4. The van der Waals surface area contributed by atoms with Crippen LogP contribution in [0.4, 0.5) is 10.1 Å². The van der Waals surface area contributed by atoms with Gasteiger partial charge in [-0.05, 0) is 30.3 Å². The Labute approximate surface area is 152 Å². The number of nitrogens with zero attached hydrogens (tertiary/aromatic N) is 3. The second-order valence-electron chi connectivity index (χ2n) is 5.72. The molecule has 0 bridgehead atoms. The van der Waals surface area contributed by atoms with Gasteiger partial charge in [0.1, 0.15) is 12.1 Å². The van der Waals surface area contributed by atoms with E-state index in [1.165, 1.54) is 29.4 Å². The number of aromatic carboxylic acids is 1. The third kappa shape index (κ3) is 2.44. The molecule has 4 rings (SSSR count). The highest BCUT2D eigenvalue weighted by Crippen LogP contribution is 2.35. The lowest BCUT2D eigenvalue weighted by Gasteiger charge is -2.31. The van der Waals surface area contributed by atoms with E-state index in [9.17, 15) is 19.1 Å². The first-order valence-electron chi connectivity index (χ1n) is 7.63. The van der Waals surface area contributed by atoms with Crippen molar-refractivity contribution in [3.05, 3.63) is 76.6 Å². The van der Waals surface area contributed by atoms with Gasteiger partial charge in [0.2, 0.25) is 0 Å². The van der Waals surface area contributed by atoms with Crippen LogP contribution >= 0.6 is 11.6 Å². The largest absolute Gasteiger partial charge is 0.476 e. The van der Waals surface area contributed by atoms with Crippen LogP contribution in [0.15, 0.2) is 48.8 Å². The maximum absolute atomic E-state index is 13.8. The first-order valence-corrected chi connectivity index (χ1v) is 8.01. The number of aromatic nitrogens is 2. The highest BCUT2D eigenvalue weighted by atomic mass is 35.5. The summed E-state index contributed by atoms with van der Waals surface area (Å²) in [5.41, 5.74) is 1.20. The maximum atomic E-state index is 13.8. The summed E-state index contributed by atoms with van der Waals surface area (Å²) >= 11 is 6.12. The molecule has 0 spiro atoms. The van der Waals surface area contributed by atoms with E-state index >= 15 is 0 Å². The van der Waals surface area contributed by atoms with E-state index in [2.05, 4.69) is 4.98 Å². The molecular formula is C18H11ClFN3O3. The van der Waals surface area contributed by atoms with Gasteiger partial charge in [-0.2, -0.15) is 0 Å². The lowest BCUT2D eigenvalue weighted by molar-refractivity contribution is 0.0688. The van der Waals surface area contributed by atoms with E-state index in [0.717, 1.165) is 0 Å². The normalized spacial score (nSPS) is 12.5. The van der Waals surface area contributed by atoms with Gasteiger partial charge in [0.05, 0.1) is 34.2 Å². The van der Waals surface area contributed by atoms with Crippen LogP contribution in [-0.4, -0.2) is 26.5 Å². The lowest BCUT2D eigenvalue weighted by atomic mass is 10.1. The predicted octanol–water partition coefficient (Wildman–Crippen LogP) is 3.52. The van der Waals surface area contributed by atoms with Gasteiger partial charge in [0.25, 0.3) is 5.91 Å². The summed E-state index contributed by atoms with van der Waals surface area (Å²) in [6.45, 7) is -0.0673. The lowest BCUT2D eigenvalue weighted by Crippen LogP contribution is -2.35. The molecule has 2 aromatic carbocycles. The van der Waals surface area contributed by atoms with Crippen molar-refractivity contribution < 1.29 is 19.1 Å². The average Bonchev–Trinajstić information content (AvgIpc) is 3.05. The van der Waals surface area contributed by atoms with Gasteiger partial charge in [-0.15, -0.1) is 0 Å². The minimum absolute atomic E-state index is 0.0673. The van der Waals surface area contributed by atoms with Crippen LogP contribution in [0.5, 0.6) is 0 Å². The predicted molar refractivity (Wildman–Crippen MR) is 92.4 cm³/mol. The standard InChI is InChI=1S/C18H11ClFN3O3/c19-12-4-2-1-3-11(12)17(24)22-8-15-16(18(25)26)21-9-23(15)13-6-5-10(20)7-14(13)22/h1-7,9H,8H2,(H,25,26). The molecule has 0 atom stereocenters. The molecule has 3 aromatic rings. The van der Waals surface area contributed by atoms with Crippen molar-refractivity contribution in [2.45, 2.75) is 6.54 Å². The fraction of sp³-hybridized carbons (Fsp3) is 0.0556. The number of amides is 1. The number of hydrogen-bond acceptors (Lipinski definition) is 3. The van der Waals surface area contributed by atoms with Gasteiger partial charge in [-0.3, -0.25) is 9.36 Å². The Hall–Kier alpha value is -3.19. The zero-order chi connectivity index (χ0) is 18.4. The smallest absolute Gasteiger partial charge is 0.356 e. The molecule has 1 aromatic heterocycles. The number of benzene rings is 2. The second kappa shape index (κ2) is 5.96. The zero-order valence-electron chi connectivity index (χ0n) is 13.2. The fourth-order valence-corrected chi connectivity index (χ4v) is 3.24. The Morgan fingerprint density at radius 2 is 1.92 bits per heavy atom. The van der Waals surface area contributed by atoms with Gasteiger partial charge in [0, 0.05) is 0 Å². The van der Waals surface area contributed by atoms with Crippen LogP contribution in [0, 0.1) is 5.82 Å². The molecule has 1 aliphatic heterocycles. The summed E-state index contributed by atoms with van der Waals surface area (Å²) in [5, 5.41) is 9.60. The maximum Gasteiger partial charge on any atom is 0.356 e. The van der Waals surface area contributed by atoms with Crippen molar-refractivity contribution in [1.29, 1.82) is 0 Å². The molecule has 26 heavy (non-hydrogen) atoms. The zero-order valence-corrected chi connectivity index (χ0v) is 13.9. The Morgan fingerprint density at radius 3 is 2.65 bits per heavy atom. The molecular weight excluding hydrogens is 361 g/mol. The third-order valence-corrected chi connectivity index (χ3v) is 4.54. The molecule has 0 fully saturated rings. The van der Waals surface area contributed by atoms with Crippen molar-refractivity contribution >= 4 is 29.2 Å². The Morgan fingerprint density at radius 1 is 1.15 bits per heavy atom. The molecule has 1 amide bonds. The third-order valence-electron chi connectivity index (χ3n) is 4.21. The molecule has 0 saturated carbocycles. The Balaban J connectivity index is 1.90. The van der Waals surface area contributed by atoms with E-state index in [1.54, 1.807) is 28.8 Å². The Kier molecular flexibility index (Phi) is 3.73.